The van der Waals surface area contributed by atoms with Crippen molar-refractivity contribution in [3.8, 4) is 11.8 Å². The van der Waals surface area contributed by atoms with Gasteiger partial charge in [0.15, 0.2) is 5.69 Å². The Morgan fingerprint density at radius 2 is 1.95 bits per heavy atom. The summed E-state index contributed by atoms with van der Waals surface area (Å²) in [6, 6.07) is 8.78. The summed E-state index contributed by atoms with van der Waals surface area (Å²) >= 11 is 0. The van der Waals surface area contributed by atoms with E-state index in [0.717, 1.165) is 71.6 Å². The average Bonchev–Trinajstić information content (AvgIpc) is 4.02. The van der Waals surface area contributed by atoms with Gasteiger partial charge in [0.05, 0.1) is 36.6 Å². The molecule has 0 saturated carbocycles. The summed E-state index contributed by atoms with van der Waals surface area (Å²) in [5.74, 6) is 1.14. The Bertz CT molecular complexity index is 2220. The van der Waals surface area contributed by atoms with E-state index in [9.17, 15) is 19.4 Å². The average molecular weight is 784 g/mol. The van der Waals surface area contributed by atoms with Crippen molar-refractivity contribution in [3.63, 3.8) is 0 Å². The van der Waals surface area contributed by atoms with E-state index in [1.54, 1.807) is 18.2 Å². The van der Waals surface area contributed by atoms with E-state index >= 15 is 4.39 Å². The number of anilines is 2. The number of ether oxygens (including phenoxy) is 1. The smallest absolute Gasteiger partial charge is 0.318 e. The molecule has 4 fully saturated rings. The maximum absolute atomic E-state index is 15.2. The lowest BCUT2D eigenvalue weighted by Gasteiger charge is -2.35. The molecular weight excluding hydrogens is 733 g/mol. The van der Waals surface area contributed by atoms with Crippen molar-refractivity contribution in [2.75, 3.05) is 68.8 Å². The van der Waals surface area contributed by atoms with Crippen molar-refractivity contribution in [2.24, 2.45) is 11.8 Å². The first-order valence-corrected chi connectivity index (χ1v) is 20.8. The summed E-state index contributed by atoms with van der Waals surface area (Å²) in [5, 5.41) is 30.4. The number of phenols is 1. The molecule has 10 rings (SSSR count). The van der Waals surface area contributed by atoms with Gasteiger partial charge in [-0.05, 0) is 79.6 Å². The maximum atomic E-state index is 15.2. The minimum Gasteiger partial charge on any atom is -0.508 e. The number of rotatable bonds is 8. The molecule has 0 bridgehead atoms. The van der Waals surface area contributed by atoms with Crippen molar-refractivity contribution in [1.82, 2.24) is 34.9 Å². The number of benzene rings is 2. The molecule has 0 spiro atoms. The molecule has 3 unspecified atom stereocenters. The van der Waals surface area contributed by atoms with Gasteiger partial charge in [0.2, 0.25) is 0 Å². The summed E-state index contributed by atoms with van der Waals surface area (Å²) < 4.78 is 38.4. The molecule has 4 saturated heterocycles. The van der Waals surface area contributed by atoms with Crippen LogP contribution in [0, 0.1) is 17.7 Å². The lowest BCUT2D eigenvalue weighted by atomic mass is 9.95. The molecule has 57 heavy (non-hydrogen) atoms. The largest absolute Gasteiger partial charge is 0.508 e. The molecular formula is C42H51F2N9O4. The Hall–Kier alpha value is -4.60. The van der Waals surface area contributed by atoms with Gasteiger partial charge in [-0.1, -0.05) is 13.0 Å². The van der Waals surface area contributed by atoms with E-state index in [2.05, 4.69) is 20.0 Å². The highest BCUT2D eigenvalue weighted by molar-refractivity contribution is 5.98. The van der Waals surface area contributed by atoms with E-state index in [1.807, 2.05) is 22.6 Å². The van der Waals surface area contributed by atoms with Gasteiger partial charge in [-0.25, -0.2) is 8.78 Å². The fourth-order valence-corrected chi connectivity index (χ4v) is 10.9. The zero-order valence-corrected chi connectivity index (χ0v) is 32.5. The molecule has 2 aromatic heterocycles. The second kappa shape index (κ2) is 14.3. The van der Waals surface area contributed by atoms with E-state index < -0.39 is 6.17 Å². The van der Waals surface area contributed by atoms with Gasteiger partial charge in [0.1, 0.15) is 30.2 Å². The normalized spacial score (nSPS) is 27.1. The third-order valence-corrected chi connectivity index (χ3v) is 13.7. The lowest BCUT2D eigenvalue weighted by molar-refractivity contribution is 0.0768. The van der Waals surface area contributed by atoms with Crippen LogP contribution in [-0.2, 0) is 32.5 Å². The molecule has 6 aliphatic heterocycles. The predicted molar refractivity (Wildman–Crippen MR) is 210 cm³/mol. The zero-order valence-electron chi connectivity index (χ0n) is 32.5. The summed E-state index contributed by atoms with van der Waals surface area (Å²) in [5.41, 5.74) is 4.18. The molecule has 2 aromatic carbocycles. The molecule has 4 aromatic rings. The molecule has 15 heteroatoms. The van der Waals surface area contributed by atoms with Crippen molar-refractivity contribution in [2.45, 2.75) is 82.8 Å². The predicted octanol–water partition coefficient (Wildman–Crippen LogP) is 3.81. The third kappa shape index (κ3) is 6.36. The molecule has 6 aliphatic rings. The molecule has 302 valence electrons. The molecule has 1 amide bonds. The fourth-order valence-electron chi connectivity index (χ4n) is 10.9. The summed E-state index contributed by atoms with van der Waals surface area (Å²) in [4.78, 5) is 32.5. The second-order valence-corrected chi connectivity index (χ2v) is 17.1. The van der Waals surface area contributed by atoms with Crippen molar-refractivity contribution < 1.29 is 28.5 Å². The number of nitrogens with zero attached hydrogens (tertiary/aromatic N) is 8. The Balaban J connectivity index is 0.972. The molecule has 5 atom stereocenters. The summed E-state index contributed by atoms with van der Waals surface area (Å²) in [6.07, 6.45) is 3.34. The number of aromatic hydroxyl groups is 1. The summed E-state index contributed by atoms with van der Waals surface area (Å²) in [7, 11) is 0. The number of aliphatic hydroxyl groups excluding tert-OH is 1. The van der Waals surface area contributed by atoms with Crippen LogP contribution in [0.4, 0.5) is 20.3 Å². The zero-order chi connectivity index (χ0) is 39.0. The van der Waals surface area contributed by atoms with Gasteiger partial charge in [-0.2, -0.15) is 15.1 Å². The van der Waals surface area contributed by atoms with Gasteiger partial charge in [-0.3, -0.25) is 14.4 Å². The lowest BCUT2D eigenvalue weighted by Crippen LogP contribution is -2.43. The number of amides is 1. The number of carbonyl (C=O) groups is 1. The Labute approximate surface area is 330 Å². The van der Waals surface area contributed by atoms with Crippen LogP contribution in [0.3, 0.4) is 0 Å². The highest BCUT2D eigenvalue weighted by atomic mass is 19.1. The number of halogens is 2. The number of aliphatic hydroxyl groups is 1. The molecule has 8 heterocycles. The Morgan fingerprint density at radius 3 is 2.81 bits per heavy atom. The van der Waals surface area contributed by atoms with Crippen LogP contribution in [0.25, 0.3) is 10.8 Å². The number of fused-ring (bicyclic) bond motifs is 5. The molecule has 0 aliphatic carbocycles. The number of aromatic nitrogens is 4. The van der Waals surface area contributed by atoms with Crippen LogP contribution >= 0.6 is 0 Å². The topological polar surface area (TPSA) is 135 Å². The number of aryl methyl sites for hydroxylation is 2. The minimum atomic E-state index is -0.879. The van der Waals surface area contributed by atoms with Gasteiger partial charge in [0.25, 0.3) is 5.91 Å². The number of likely N-dealkylation sites (tertiary alicyclic amines) is 1. The Kier molecular flexibility index (Phi) is 9.24. The highest BCUT2D eigenvalue weighted by Gasteiger charge is 2.49. The first-order chi connectivity index (χ1) is 27.7. The van der Waals surface area contributed by atoms with E-state index in [4.69, 9.17) is 19.8 Å². The molecule has 3 N–H and O–H groups in total. The van der Waals surface area contributed by atoms with E-state index in [0.29, 0.717) is 95.4 Å². The molecule has 0 radical (unpaired) electrons. The van der Waals surface area contributed by atoms with Gasteiger partial charge in [-0.15, -0.1) is 0 Å². The SMILES string of the molecule is CCc1c(F)ccc2cc(O)cc(N3CCc4c(nc(OC[C@@]56CCCN5C[C@H](F)C6)nc4N4CCCn5nc(C(=O)N6CC7CNC(CO)C7C6)cc5C4)C3)c12. The van der Waals surface area contributed by atoms with Gasteiger partial charge >= 0.3 is 6.01 Å². The van der Waals surface area contributed by atoms with Crippen LogP contribution in [-0.4, -0.2) is 122 Å². The highest BCUT2D eigenvalue weighted by Crippen LogP contribution is 2.42. The van der Waals surface area contributed by atoms with Crippen LogP contribution < -0.4 is 19.9 Å². The number of alkyl halides is 1. The summed E-state index contributed by atoms with van der Waals surface area (Å²) in [6.45, 7) is 8.55. The quantitative estimate of drug-likeness (QED) is 0.241. The Morgan fingerprint density at radius 1 is 1.05 bits per heavy atom. The standard InChI is InChI=1S/C42H51F2N9O4/c1-2-30-33(44)6-5-25-13-29(55)15-37(38(25)30)49-12-7-31-35(22-49)46-41(57-24-42-8-3-10-52(42)19-27(43)16-42)47-39(31)50-9-4-11-53-28(20-50)14-34(48-53)40(56)51-18-26-17-45-36(23-54)32(26)21-51/h5-6,13-15,26-27,32,36,45,54-55H,2-4,7-12,16-24H2,1H3/t26?,27-,32?,36?,42+/m1/s1. The van der Waals surface area contributed by atoms with E-state index in [-0.39, 0.29) is 47.6 Å². The van der Waals surface area contributed by atoms with E-state index in [1.165, 1.54) is 6.07 Å². The van der Waals surface area contributed by atoms with Crippen molar-refractivity contribution in [1.29, 1.82) is 0 Å². The maximum Gasteiger partial charge on any atom is 0.318 e. The number of hydrogen-bond acceptors (Lipinski definition) is 11. The van der Waals surface area contributed by atoms with Crippen LogP contribution in [0.5, 0.6) is 11.8 Å². The fraction of sp³-hybridized carbons (Fsp3) is 0.571. The van der Waals surface area contributed by atoms with Crippen LogP contribution in [0.1, 0.15) is 65.6 Å². The van der Waals surface area contributed by atoms with Gasteiger partial charge in [0, 0.05) is 81.0 Å². The number of carbonyl (C=O) groups excluding carboxylic acids is 1. The third-order valence-electron chi connectivity index (χ3n) is 13.7. The number of phenolic OH excluding ortho intramolecular Hbond substituents is 1. The minimum absolute atomic E-state index is 0.0198. The van der Waals surface area contributed by atoms with Crippen LogP contribution in [0.15, 0.2) is 30.3 Å². The van der Waals surface area contributed by atoms with Crippen LogP contribution in [0.2, 0.25) is 0 Å². The number of nitrogens with one attached hydrogen (secondary N) is 1. The number of hydrogen-bond donors (Lipinski definition) is 3. The van der Waals surface area contributed by atoms with Gasteiger partial charge < -0.3 is 35.0 Å². The molecule has 13 nitrogen and oxygen atoms in total. The second-order valence-electron chi connectivity index (χ2n) is 17.1. The first-order valence-electron chi connectivity index (χ1n) is 20.8. The monoisotopic (exact) mass is 783 g/mol. The van der Waals surface area contributed by atoms with Crippen molar-refractivity contribution in [3.05, 3.63) is 64.4 Å². The van der Waals surface area contributed by atoms with Crippen molar-refractivity contribution >= 4 is 28.2 Å². The first kappa shape index (κ1) is 36.7.